The zero-order valence-corrected chi connectivity index (χ0v) is 12.9. The van der Waals surface area contributed by atoms with Gasteiger partial charge in [-0.2, -0.15) is 0 Å². The van der Waals surface area contributed by atoms with Crippen LogP contribution in [0, 0.1) is 5.82 Å². The second kappa shape index (κ2) is 7.38. The molecule has 0 atom stereocenters. The van der Waals surface area contributed by atoms with Gasteiger partial charge in [-0.1, -0.05) is 23.3 Å². The quantitative estimate of drug-likeness (QED) is 0.825. The Kier molecular flexibility index (Phi) is 6.42. The third kappa shape index (κ3) is 4.43. The summed E-state index contributed by atoms with van der Waals surface area (Å²) >= 11 is 5.79. The maximum Gasteiger partial charge on any atom is 0.242 e. The summed E-state index contributed by atoms with van der Waals surface area (Å²) in [4.78, 5) is -0.233. The lowest BCUT2D eigenvalue weighted by Crippen LogP contribution is -2.30. The fourth-order valence-corrected chi connectivity index (χ4v) is 3.32. The second-order valence-electron chi connectivity index (χ2n) is 4.22. The molecule has 0 saturated heterocycles. The lowest BCUT2D eigenvalue weighted by Gasteiger charge is -2.15. The van der Waals surface area contributed by atoms with E-state index in [-0.39, 0.29) is 28.9 Å². The first-order valence-corrected chi connectivity index (χ1v) is 7.68. The first-order chi connectivity index (χ1) is 8.99. The van der Waals surface area contributed by atoms with Gasteiger partial charge in [0.2, 0.25) is 10.0 Å². The molecule has 20 heavy (non-hydrogen) atoms. The minimum atomic E-state index is -3.80. The molecule has 0 bridgehead atoms. The topological polar surface area (TPSA) is 58.2 Å². The van der Waals surface area contributed by atoms with Crippen LogP contribution in [0.4, 0.5) is 4.39 Å². The molecule has 2 rings (SSSR count). The van der Waals surface area contributed by atoms with Gasteiger partial charge in [0, 0.05) is 13.1 Å². The van der Waals surface area contributed by atoms with Crippen molar-refractivity contribution < 1.29 is 12.8 Å². The van der Waals surface area contributed by atoms with Crippen molar-refractivity contribution in [3.05, 3.63) is 40.7 Å². The standard InChI is InChI=1S/C12H14ClFN2O2S.ClH/c13-11-2-1-10(14)7-12(11)19(17,18)16-8-9-3-5-15-6-4-9;/h1-3,7,15-16H,4-6,8H2;1H. The van der Waals surface area contributed by atoms with E-state index in [1.54, 1.807) is 0 Å². The molecule has 0 aliphatic carbocycles. The largest absolute Gasteiger partial charge is 0.313 e. The van der Waals surface area contributed by atoms with E-state index in [1.807, 2.05) is 6.08 Å². The molecule has 0 amide bonds. The monoisotopic (exact) mass is 340 g/mol. The molecule has 1 aliphatic rings. The molecule has 0 aromatic heterocycles. The Hall–Kier alpha value is -0.660. The van der Waals surface area contributed by atoms with Crippen LogP contribution in [-0.2, 0) is 10.0 Å². The summed E-state index contributed by atoms with van der Waals surface area (Å²) in [5, 5.41) is 3.14. The Morgan fingerprint density at radius 3 is 2.80 bits per heavy atom. The lowest BCUT2D eigenvalue weighted by atomic mass is 10.1. The fraction of sp³-hybridized carbons (Fsp3) is 0.333. The Morgan fingerprint density at radius 2 is 2.15 bits per heavy atom. The van der Waals surface area contributed by atoms with Crippen molar-refractivity contribution in [2.75, 3.05) is 19.6 Å². The highest BCUT2D eigenvalue weighted by atomic mass is 35.5. The van der Waals surface area contributed by atoms with Gasteiger partial charge < -0.3 is 5.32 Å². The van der Waals surface area contributed by atoms with Crippen LogP contribution in [0.2, 0.25) is 5.02 Å². The van der Waals surface area contributed by atoms with Crippen LogP contribution in [-0.4, -0.2) is 28.1 Å². The number of rotatable bonds is 4. The molecule has 1 aliphatic heterocycles. The molecular formula is C12H15Cl2FN2O2S. The van der Waals surface area contributed by atoms with Gasteiger partial charge in [-0.15, -0.1) is 12.4 Å². The summed E-state index contributed by atoms with van der Waals surface area (Å²) in [7, 11) is -3.80. The number of sulfonamides is 1. The normalized spacial score (nSPS) is 15.4. The highest BCUT2D eigenvalue weighted by Crippen LogP contribution is 2.22. The van der Waals surface area contributed by atoms with Crippen LogP contribution in [0.15, 0.2) is 34.7 Å². The van der Waals surface area contributed by atoms with E-state index >= 15 is 0 Å². The second-order valence-corrected chi connectivity index (χ2v) is 6.36. The van der Waals surface area contributed by atoms with E-state index < -0.39 is 15.8 Å². The zero-order chi connectivity index (χ0) is 13.9. The van der Waals surface area contributed by atoms with E-state index in [9.17, 15) is 12.8 Å². The molecule has 1 aromatic carbocycles. The number of benzene rings is 1. The van der Waals surface area contributed by atoms with Crippen LogP contribution < -0.4 is 10.0 Å². The lowest BCUT2D eigenvalue weighted by molar-refractivity contribution is 0.578. The molecule has 1 aromatic rings. The van der Waals surface area contributed by atoms with E-state index in [1.165, 1.54) is 6.07 Å². The maximum atomic E-state index is 13.1. The van der Waals surface area contributed by atoms with Crippen molar-refractivity contribution in [1.82, 2.24) is 10.0 Å². The zero-order valence-electron chi connectivity index (χ0n) is 10.5. The molecular weight excluding hydrogens is 326 g/mol. The van der Waals surface area contributed by atoms with Crippen LogP contribution in [0.1, 0.15) is 6.42 Å². The van der Waals surface area contributed by atoms with Gasteiger partial charge in [-0.25, -0.2) is 17.5 Å². The smallest absolute Gasteiger partial charge is 0.242 e. The number of halogens is 3. The molecule has 1 heterocycles. The van der Waals surface area contributed by atoms with Crippen molar-refractivity contribution in [2.24, 2.45) is 0 Å². The molecule has 4 nitrogen and oxygen atoms in total. The van der Waals surface area contributed by atoms with Gasteiger partial charge in [0.1, 0.15) is 10.7 Å². The summed E-state index contributed by atoms with van der Waals surface area (Å²) in [5.74, 6) is -0.633. The van der Waals surface area contributed by atoms with Crippen LogP contribution in [0.3, 0.4) is 0 Å². The highest BCUT2D eigenvalue weighted by Gasteiger charge is 2.19. The van der Waals surface area contributed by atoms with Crippen molar-refractivity contribution in [3.8, 4) is 0 Å². The number of hydrogen-bond donors (Lipinski definition) is 2. The van der Waals surface area contributed by atoms with E-state index in [0.29, 0.717) is 0 Å². The fourth-order valence-electron chi connectivity index (χ4n) is 1.78. The predicted molar refractivity (Wildman–Crippen MR) is 79.4 cm³/mol. The van der Waals surface area contributed by atoms with Gasteiger partial charge in [0.05, 0.1) is 5.02 Å². The third-order valence-electron chi connectivity index (χ3n) is 2.83. The van der Waals surface area contributed by atoms with Crippen LogP contribution in [0.25, 0.3) is 0 Å². The summed E-state index contributed by atoms with van der Waals surface area (Å²) in [5.41, 5.74) is 1.01. The average molecular weight is 341 g/mol. The van der Waals surface area contributed by atoms with Crippen molar-refractivity contribution in [1.29, 1.82) is 0 Å². The average Bonchev–Trinajstić information content (AvgIpc) is 2.40. The van der Waals surface area contributed by atoms with Crippen LogP contribution in [0.5, 0.6) is 0 Å². The van der Waals surface area contributed by atoms with Crippen molar-refractivity contribution in [3.63, 3.8) is 0 Å². The molecule has 0 saturated carbocycles. The van der Waals surface area contributed by atoms with Gasteiger partial charge in [-0.3, -0.25) is 0 Å². The molecule has 0 spiro atoms. The van der Waals surface area contributed by atoms with Crippen molar-refractivity contribution in [2.45, 2.75) is 11.3 Å². The molecule has 112 valence electrons. The first kappa shape index (κ1) is 17.4. The number of nitrogens with one attached hydrogen (secondary N) is 2. The van der Waals surface area contributed by atoms with Crippen molar-refractivity contribution >= 4 is 34.0 Å². The predicted octanol–water partition coefficient (Wildman–Crippen LogP) is 2.10. The molecule has 0 unspecified atom stereocenters. The van der Waals surface area contributed by atoms with Gasteiger partial charge in [-0.05, 0) is 31.2 Å². The van der Waals surface area contributed by atoms with Crippen LogP contribution >= 0.6 is 24.0 Å². The summed E-state index contributed by atoms with van der Waals surface area (Å²) in [6.45, 7) is 1.78. The molecule has 2 N–H and O–H groups in total. The van der Waals surface area contributed by atoms with Gasteiger partial charge >= 0.3 is 0 Å². The Bertz CT molecular complexity index is 605. The van der Waals surface area contributed by atoms with E-state index in [0.717, 1.165) is 37.2 Å². The van der Waals surface area contributed by atoms with Gasteiger partial charge in [0.15, 0.2) is 0 Å². The first-order valence-electron chi connectivity index (χ1n) is 5.82. The molecule has 0 fully saturated rings. The Labute approximate surface area is 128 Å². The highest BCUT2D eigenvalue weighted by molar-refractivity contribution is 7.89. The minimum absolute atomic E-state index is 0. The molecule has 8 heteroatoms. The SMILES string of the molecule is Cl.O=S(=O)(NCC1=CCNCC1)c1cc(F)ccc1Cl. The summed E-state index contributed by atoms with van der Waals surface area (Å²) in [6, 6.07) is 3.27. The Morgan fingerprint density at radius 1 is 1.40 bits per heavy atom. The molecule has 0 radical (unpaired) electrons. The van der Waals surface area contributed by atoms with E-state index in [4.69, 9.17) is 11.6 Å². The van der Waals surface area contributed by atoms with E-state index in [2.05, 4.69) is 10.0 Å². The number of hydrogen-bond acceptors (Lipinski definition) is 3. The minimum Gasteiger partial charge on any atom is -0.313 e. The Balaban J connectivity index is 0.00000200. The third-order valence-corrected chi connectivity index (χ3v) is 4.71. The maximum absolute atomic E-state index is 13.1. The van der Waals surface area contributed by atoms with Gasteiger partial charge in [0.25, 0.3) is 0 Å². The summed E-state index contributed by atoms with van der Waals surface area (Å²) < 4.78 is 39.6. The summed E-state index contributed by atoms with van der Waals surface area (Å²) in [6.07, 6.45) is 2.73.